The van der Waals surface area contributed by atoms with Crippen molar-refractivity contribution >= 4 is 29.1 Å². The number of rotatable bonds is 4. The molecule has 1 saturated heterocycles. The van der Waals surface area contributed by atoms with E-state index in [1.165, 1.54) is 6.42 Å². The van der Waals surface area contributed by atoms with Gasteiger partial charge in [-0.1, -0.05) is 24.6 Å². The second-order valence-corrected chi connectivity index (χ2v) is 7.41. The molecule has 0 radical (unpaired) electrons. The standard InChI is InChI=1S/C22H25ClN2O2/c1-3-18-7-4-5-14-25(18)22(27)17-12-10-16(11-13-17)21(26)24-20-9-6-8-19(23)15(20)2/h6,8-13,18H,3-5,7,14H2,1-2H3,(H,24,26). The quantitative estimate of drug-likeness (QED) is 0.776. The fourth-order valence-electron chi connectivity index (χ4n) is 3.56. The number of anilines is 1. The molecule has 1 heterocycles. The molecule has 2 amide bonds. The van der Waals surface area contributed by atoms with Gasteiger partial charge in [-0.15, -0.1) is 0 Å². The van der Waals surface area contributed by atoms with Crippen molar-refractivity contribution in [3.63, 3.8) is 0 Å². The van der Waals surface area contributed by atoms with Crippen molar-refractivity contribution in [2.45, 2.75) is 45.6 Å². The highest BCUT2D eigenvalue weighted by molar-refractivity contribution is 6.31. The molecule has 27 heavy (non-hydrogen) atoms. The van der Waals surface area contributed by atoms with Crippen LogP contribution in [0.4, 0.5) is 5.69 Å². The van der Waals surface area contributed by atoms with E-state index in [2.05, 4.69) is 12.2 Å². The Hall–Kier alpha value is -2.33. The maximum Gasteiger partial charge on any atom is 0.255 e. The van der Waals surface area contributed by atoms with E-state index in [0.717, 1.165) is 31.4 Å². The van der Waals surface area contributed by atoms with Crippen molar-refractivity contribution in [3.05, 3.63) is 64.2 Å². The third-order valence-electron chi connectivity index (χ3n) is 5.27. The number of likely N-dealkylation sites (tertiary alicyclic amines) is 1. The van der Waals surface area contributed by atoms with Crippen LogP contribution < -0.4 is 5.32 Å². The minimum Gasteiger partial charge on any atom is -0.336 e. The average molecular weight is 385 g/mol. The molecular weight excluding hydrogens is 360 g/mol. The van der Waals surface area contributed by atoms with Crippen LogP contribution in [-0.2, 0) is 0 Å². The highest BCUT2D eigenvalue weighted by Gasteiger charge is 2.26. The van der Waals surface area contributed by atoms with Crippen molar-refractivity contribution in [3.8, 4) is 0 Å². The first kappa shape index (κ1) is 19.4. The zero-order valence-electron chi connectivity index (χ0n) is 15.8. The third-order valence-corrected chi connectivity index (χ3v) is 5.68. The summed E-state index contributed by atoms with van der Waals surface area (Å²) in [4.78, 5) is 27.3. The van der Waals surface area contributed by atoms with E-state index in [9.17, 15) is 9.59 Å². The molecule has 0 aliphatic carbocycles. The molecule has 1 atom stereocenters. The number of carbonyl (C=O) groups excluding carboxylic acids is 2. The Morgan fingerprint density at radius 3 is 2.52 bits per heavy atom. The third kappa shape index (κ3) is 4.33. The van der Waals surface area contributed by atoms with Crippen LogP contribution in [-0.4, -0.2) is 29.3 Å². The Kier molecular flexibility index (Phi) is 6.17. The van der Waals surface area contributed by atoms with Crippen LogP contribution in [0.1, 0.15) is 58.9 Å². The van der Waals surface area contributed by atoms with Gasteiger partial charge in [0.2, 0.25) is 0 Å². The second kappa shape index (κ2) is 8.57. The van der Waals surface area contributed by atoms with Crippen LogP contribution in [0.3, 0.4) is 0 Å². The van der Waals surface area contributed by atoms with E-state index in [1.807, 2.05) is 17.9 Å². The Bertz CT molecular complexity index is 833. The second-order valence-electron chi connectivity index (χ2n) is 7.00. The molecule has 1 fully saturated rings. The number of carbonyl (C=O) groups is 2. The van der Waals surface area contributed by atoms with Gasteiger partial charge in [-0.05, 0) is 74.6 Å². The number of hydrogen-bond donors (Lipinski definition) is 1. The van der Waals surface area contributed by atoms with Gasteiger partial charge in [-0.3, -0.25) is 9.59 Å². The van der Waals surface area contributed by atoms with Crippen LogP contribution in [0.15, 0.2) is 42.5 Å². The minimum atomic E-state index is -0.219. The van der Waals surface area contributed by atoms with Crippen molar-refractivity contribution in [2.75, 3.05) is 11.9 Å². The van der Waals surface area contributed by atoms with E-state index in [1.54, 1.807) is 36.4 Å². The number of halogens is 1. The fraction of sp³-hybridized carbons (Fsp3) is 0.364. The lowest BCUT2D eigenvalue weighted by molar-refractivity contribution is 0.0607. The van der Waals surface area contributed by atoms with Crippen LogP contribution in [0.2, 0.25) is 5.02 Å². The van der Waals surface area contributed by atoms with Gasteiger partial charge >= 0.3 is 0 Å². The van der Waals surface area contributed by atoms with Gasteiger partial charge in [-0.25, -0.2) is 0 Å². The predicted molar refractivity (Wildman–Crippen MR) is 110 cm³/mol. The Morgan fingerprint density at radius 2 is 1.81 bits per heavy atom. The van der Waals surface area contributed by atoms with Crippen LogP contribution in [0, 0.1) is 6.92 Å². The predicted octanol–water partition coefficient (Wildman–Crippen LogP) is 5.31. The van der Waals surface area contributed by atoms with Crippen LogP contribution in [0.5, 0.6) is 0 Å². The summed E-state index contributed by atoms with van der Waals surface area (Å²) in [6.07, 6.45) is 4.29. The average Bonchev–Trinajstić information content (AvgIpc) is 2.71. The number of amides is 2. The number of nitrogens with zero attached hydrogens (tertiary/aromatic N) is 1. The molecule has 2 aromatic carbocycles. The van der Waals surface area contributed by atoms with E-state index in [4.69, 9.17) is 11.6 Å². The lowest BCUT2D eigenvalue weighted by atomic mass is 9.98. The highest BCUT2D eigenvalue weighted by Crippen LogP contribution is 2.24. The molecule has 4 nitrogen and oxygen atoms in total. The maximum atomic E-state index is 12.8. The van der Waals surface area contributed by atoms with E-state index >= 15 is 0 Å². The zero-order chi connectivity index (χ0) is 19.4. The molecule has 1 aliphatic rings. The van der Waals surface area contributed by atoms with Gasteiger partial charge in [0.15, 0.2) is 0 Å². The Labute approximate surface area is 165 Å². The number of benzene rings is 2. The van der Waals surface area contributed by atoms with Crippen LogP contribution in [0.25, 0.3) is 0 Å². The van der Waals surface area contributed by atoms with E-state index in [-0.39, 0.29) is 11.8 Å². The first-order chi connectivity index (χ1) is 13.0. The molecule has 0 aromatic heterocycles. The van der Waals surface area contributed by atoms with Crippen molar-refractivity contribution in [1.29, 1.82) is 0 Å². The normalized spacial score (nSPS) is 16.9. The van der Waals surface area contributed by atoms with Crippen LogP contribution >= 0.6 is 11.6 Å². The summed E-state index contributed by atoms with van der Waals surface area (Å²) >= 11 is 6.10. The summed E-state index contributed by atoms with van der Waals surface area (Å²) in [5.74, 6) is -0.164. The molecule has 1 N–H and O–H groups in total. The van der Waals surface area contributed by atoms with Crippen molar-refractivity contribution in [2.24, 2.45) is 0 Å². The van der Waals surface area contributed by atoms with Gasteiger partial charge in [-0.2, -0.15) is 0 Å². The first-order valence-electron chi connectivity index (χ1n) is 9.48. The smallest absolute Gasteiger partial charge is 0.255 e. The lowest BCUT2D eigenvalue weighted by Gasteiger charge is -2.35. The van der Waals surface area contributed by atoms with Gasteiger partial charge < -0.3 is 10.2 Å². The Morgan fingerprint density at radius 1 is 1.11 bits per heavy atom. The number of nitrogens with one attached hydrogen (secondary N) is 1. The summed E-state index contributed by atoms with van der Waals surface area (Å²) < 4.78 is 0. The van der Waals surface area contributed by atoms with Gasteiger partial charge in [0.25, 0.3) is 11.8 Å². The molecule has 0 spiro atoms. The molecule has 0 bridgehead atoms. The number of piperidine rings is 1. The zero-order valence-corrected chi connectivity index (χ0v) is 16.6. The van der Waals surface area contributed by atoms with Gasteiger partial charge in [0, 0.05) is 34.4 Å². The van der Waals surface area contributed by atoms with E-state index in [0.29, 0.717) is 27.9 Å². The summed E-state index contributed by atoms with van der Waals surface area (Å²) in [7, 11) is 0. The molecular formula is C22H25ClN2O2. The first-order valence-corrected chi connectivity index (χ1v) is 9.86. The maximum absolute atomic E-state index is 12.8. The molecule has 0 saturated carbocycles. The van der Waals surface area contributed by atoms with Crippen molar-refractivity contribution < 1.29 is 9.59 Å². The molecule has 2 aromatic rings. The molecule has 1 unspecified atom stereocenters. The van der Waals surface area contributed by atoms with Gasteiger partial charge in [0.1, 0.15) is 0 Å². The molecule has 3 rings (SSSR count). The summed E-state index contributed by atoms with van der Waals surface area (Å²) in [5, 5.41) is 3.49. The molecule has 1 aliphatic heterocycles. The highest BCUT2D eigenvalue weighted by atomic mass is 35.5. The molecule has 142 valence electrons. The monoisotopic (exact) mass is 384 g/mol. The minimum absolute atomic E-state index is 0.0548. The Balaban J connectivity index is 1.72. The molecule has 5 heteroatoms. The topological polar surface area (TPSA) is 49.4 Å². The lowest BCUT2D eigenvalue weighted by Crippen LogP contribution is -2.43. The summed E-state index contributed by atoms with van der Waals surface area (Å²) in [6.45, 7) is 4.80. The summed E-state index contributed by atoms with van der Waals surface area (Å²) in [5.41, 5.74) is 2.66. The SMILES string of the molecule is CCC1CCCCN1C(=O)c1ccc(C(=O)Nc2cccc(Cl)c2C)cc1. The number of hydrogen-bond acceptors (Lipinski definition) is 2. The fourth-order valence-corrected chi connectivity index (χ4v) is 3.73. The largest absolute Gasteiger partial charge is 0.336 e. The van der Waals surface area contributed by atoms with Crippen molar-refractivity contribution in [1.82, 2.24) is 4.90 Å². The summed E-state index contributed by atoms with van der Waals surface area (Å²) in [6, 6.07) is 12.6. The van der Waals surface area contributed by atoms with Gasteiger partial charge in [0.05, 0.1) is 0 Å². The van der Waals surface area contributed by atoms with E-state index < -0.39 is 0 Å².